The quantitative estimate of drug-likeness (QED) is 0.648. The molecule has 0 aromatic carbocycles. The zero-order valence-electron chi connectivity index (χ0n) is 11.6. The minimum absolute atomic E-state index is 0.0107. The molecule has 5 heteroatoms. The second kappa shape index (κ2) is 7.36. The summed E-state index contributed by atoms with van der Waals surface area (Å²) in [5, 5.41) is 2.85. The van der Waals surface area contributed by atoms with Gasteiger partial charge in [-0.05, 0) is 26.7 Å². The first-order valence-corrected chi connectivity index (χ1v) is 6.71. The number of nitrogens with zero attached hydrogens (tertiary/aromatic N) is 1. The van der Waals surface area contributed by atoms with Gasteiger partial charge < -0.3 is 15.0 Å². The van der Waals surface area contributed by atoms with E-state index in [-0.39, 0.29) is 23.7 Å². The summed E-state index contributed by atoms with van der Waals surface area (Å²) >= 11 is 0. The Balaban J connectivity index is 2.26. The van der Waals surface area contributed by atoms with E-state index in [1.165, 1.54) is 0 Å². The van der Waals surface area contributed by atoms with Crippen molar-refractivity contribution in [1.82, 2.24) is 10.2 Å². The molecule has 0 bridgehead atoms. The average Bonchev–Trinajstić information content (AvgIpc) is 3.16. The van der Waals surface area contributed by atoms with Crippen LogP contribution in [-0.4, -0.2) is 50.1 Å². The molecule has 2 unspecified atom stereocenters. The Hall–Kier alpha value is -1.10. The molecule has 0 aliphatic heterocycles. The monoisotopic (exact) mass is 256 g/mol. The summed E-state index contributed by atoms with van der Waals surface area (Å²) < 4.78 is 4.91. The third kappa shape index (κ3) is 3.98. The molecular formula is C13H24N2O3. The fourth-order valence-corrected chi connectivity index (χ4v) is 2.09. The molecule has 0 aromatic heterocycles. The molecule has 2 atom stereocenters. The maximum atomic E-state index is 12.0. The predicted molar refractivity (Wildman–Crippen MR) is 69.0 cm³/mol. The summed E-state index contributed by atoms with van der Waals surface area (Å²) in [5.41, 5.74) is 0. The lowest BCUT2D eigenvalue weighted by atomic mass is 10.2. The van der Waals surface area contributed by atoms with Crippen molar-refractivity contribution in [3.63, 3.8) is 0 Å². The van der Waals surface area contributed by atoms with Crippen LogP contribution in [0.25, 0.3) is 0 Å². The molecule has 1 saturated carbocycles. The van der Waals surface area contributed by atoms with E-state index in [9.17, 15) is 9.59 Å². The molecule has 1 aliphatic carbocycles. The van der Waals surface area contributed by atoms with Crippen molar-refractivity contribution >= 4 is 11.8 Å². The lowest BCUT2D eigenvalue weighted by molar-refractivity contribution is -0.134. The van der Waals surface area contributed by atoms with Gasteiger partial charge in [0.1, 0.15) is 0 Å². The Morgan fingerprint density at radius 1 is 1.28 bits per heavy atom. The molecule has 1 fully saturated rings. The molecule has 1 aliphatic rings. The molecule has 1 N–H and O–H groups in total. The lowest BCUT2D eigenvalue weighted by Crippen LogP contribution is -2.34. The highest BCUT2D eigenvalue weighted by molar-refractivity contribution is 5.92. The molecule has 0 aromatic rings. The van der Waals surface area contributed by atoms with E-state index in [2.05, 4.69) is 5.32 Å². The zero-order valence-corrected chi connectivity index (χ0v) is 11.6. The van der Waals surface area contributed by atoms with E-state index in [0.717, 1.165) is 6.42 Å². The first-order valence-electron chi connectivity index (χ1n) is 6.71. The Labute approximate surface area is 109 Å². The zero-order chi connectivity index (χ0) is 13.5. The molecule has 5 nitrogen and oxygen atoms in total. The van der Waals surface area contributed by atoms with Gasteiger partial charge in [0, 0.05) is 33.4 Å². The van der Waals surface area contributed by atoms with E-state index >= 15 is 0 Å². The van der Waals surface area contributed by atoms with E-state index < -0.39 is 0 Å². The average molecular weight is 256 g/mol. The van der Waals surface area contributed by atoms with Gasteiger partial charge in [0.05, 0.1) is 11.8 Å². The SMILES string of the molecule is CCN(CC)C(=O)C1CC1C(=O)NCCCOC. The van der Waals surface area contributed by atoms with Gasteiger partial charge >= 0.3 is 0 Å². The first-order chi connectivity index (χ1) is 8.65. The van der Waals surface area contributed by atoms with Crippen LogP contribution in [0.2, 0.25) is 0 Å². The van der Waals surface area contributed by atoms with Crippen LogP contribution in [0.15, 0.2) is 0 Å². The third-order valence-corrected chi connectivity index (χ3v) is 3.34. The van der Waals surface area contributed by atoms with Crippen LogP contribution in [0.5, 0.6) is 0 Å². The fraction of sp³-hybridized carbons (Fsp3) is 0.846. The predicted octanol–water partition coefficient (Wildman–Crippen LogP) is 0.644. The fourth-order valence-electron chi connectivity index (χ4n) is 2.09. The topological polar surface area (TPSA) is 58.6 Å². The molecule has 104 valence electrons. The van der Waals surface area contributed by atoms with Crippen molar-refractivity contribution in [1.29, 1.82) is 0 Å². The van der Waals surface area contributed by atoms with Crippen molar-refractivity contribution < 1.29 is 14.3 Å². The van der Waals surface area contributed by atoms with E-state index in [0.29, 0.717) is 32.7 Å². The number of rotatable bonds is 8. The molecule has 1 rings (SSSR count). The Morgan fingerprint density at radius 3 is 2.50 bits per heavy atom. The third-order valence-electron chi connectivity index (χ3n) is 3.34. The van der Waals surface area contributed by atoms with Gasteiger partial charge in [-0.2, -0.15) is 0 Å². The summed E-state index contributed by atoms with van der Waals surface area (Å²) in [6.45, 7) is 6.62. The molecule has 0 saturated heterocycles. The van der Waals surface area contributed by atoms with Gasteiger partial charge in [-0.3, -0.25) is 9.59 Å². The van der Waals surface area contributed by atoms with Crippen LogP contribution in [0, 0.1) is 11.8 Å². The number of carbonyl (C=O) groups is 2. The first kappa shape index (κ1) is 15.0. The van der Waals surface area contributed by atoms with E-state index in [1.54, 1.807) is 12.0 Å². The van der Waals surface area contributed by atoms with Crippen LogP contribution < -0.4 is 5.32 Å². The number of hydrogen-bond acceptors (Lipinski definition) is 3. The maximum absolute atomic E-state index is 12.0. The van der Waals surface area contributed by atoms with Gasteiger partial charge in [-0.1, -0.05) is 0 Å². The van der Waals surface area contributed by atoms with Crippen molar-refractivity contribution in [2.75, 3.05) is 33.4 Å². The summed E-state index contributed by atoms with van der Waals surface area (Å²) in [7, 11) is 1.64. The van der Waals surface area contributed by atoms with Crippen LogP contribution in [0.4, 0.5) is 0 Å². The number of hydrogen-bond donors (Lipinski definition) is 1. The van der Waals surface area contributed by atoms with E-state index in [4.69, 9.17) is 4.74 Å². The molecule has 0 spiro atoms. The normalized spacial score (nSPS) is 21.5. The van der Waals surface area contributed by atoms with Crippen molar-refractivity contribution in [2.45, 2.75) is 26.7 Å². The minimum Gasteiger partial charge on any atom is -0.385 e. The Morgan fingerprint density at radius 2 is 1.94 bits per heavy atom. The highest BCUT2D eigenvalue weighted by Crippen LogP contribution is 2.40. The number of amides is 2. The number of ether oxygens (including phenoxy) is 1. The second-order valence-corrected chi connectivity index (χ2v) is 4.60. The molecular weight excluding hydrogens is 232 g/mol. The van der Waals surface area contributed by atoms with Crippen LogP contribution in [-0.2, 0) is 14.3 Å². The Bertz CT molecular complexity index is 290. The van der Waals surface area contributed by atoms with Crippen molar-refractivity contribution in [2.24, 2.45) is 11.8 Å². The highest BCUT2D eigenvalue weighted by Gasteiger charge is 2.48. The van der Waals surface area contributed by atoms with Crippen LogP contribution in [0.3, 0.4) is 0 Å². The van der Waals surface area contributed by atoms with Gasteiger partial charge in [0.25, 0.3) is 0 Å². The molecule has 2 amide bonds. The lowest BCUT2D eigenvalue weighted by Gasteiger charge is -2.18. The van der Waals surface area contributed by atoms with Crippen LogP contribution in [0.1, 0.15) is 26.7 Å². The number of nitrogens with one attached hydrogen (secondary N) is 1. The van der Waals surface area contributed by atoms with Gasteiger partial charge in [-0.15, -0.1) is 0 Å². The summed E-state index contributed by atoms with van der Waals surface area (Å²) in [5.74, 6) is -0.0679. The van der Waals surface area contributed by atoms with E-state index in [1.807, 2.05) is 13.8 Å². The number of methoxy groups -OCH3 is 1. The van der Waals surface area contributed by atoms with Crippen molar-refractivity contribution in [3.05, 3.63) is 0 Å². The smallest absolute Gasteiger partial charge is 0.226 e. The molecule has 18 heavy (non-hydrogen) atoms. The summed E-state index contributed by atoms with van der Waals surface area (Å²) in [6.07, 6.45) is 1.51. The summed E-state index contributed by atoms with van der Waals surface area (Å²) in [4.78, 5) is 25.5. The van der Waals surface area contributed by atoms with Gasteiger partial charge in [0.15, 0.2) is 0 Å². The number of carbonyl (C=O) groups excluding carboxylic acids is 2. The highest BCUT2D eigenvalue weighted by atomic mass is 16.5. The van der Waals surface area contributed by atoms with Crippen molar-refractivity contribution in [3.8, 4) is 0 Å². The summed E-state index contributed by atoms with van der Waals surface area (Å²) in [6, 6.07) is 0. The molecule has 0 radical (unpaired) electrons. The standard InChI is InChI=1S/C13H24N2O3/c1-4-15(5-2)13(17)11-9-10(11)12(16)14-7-6-8-18-3/h10-11H,4-9H2,1-3H3,(H,14,16). The molecule has 0 heterocycles. The van der Waals surface area contributed by atoms with Gasteiger partial charge in [-0.25, -0.2) is 0 Å². The second-order valence-electron chi connectivity index (χ2n) is 4.60. The van der Waals surface area contributed by atoms with Crippen LogP contribution >= 0.6 is 0 Å². The Kier molecular flexibility index (Phi) is 6.12. The maximum Gasteiger partial charge on any atom is 0.226 e. The van der Waals surface area contributed by atoms with Gasteiger partial charge in [0.2, 0.25) is 11.8 Å². The largest absolute Gasteiger partial charge is 0.385 e. The minimum atomic E-state index is -0.111.